The van der Waals surface area contributed by atoms with Gasteiger partial charge in [-0.2, -0.15) is 0 Å². The summed E-state index contributed by atoms with van der Waals surface area (Å²) in [5.74, 6) is -0.102. The zero-order chi connectivity index (χ0) is 10.1. The highest BCUT2D eigenvalue weighted by atomic mass is 32.1. The summed E-state index contributed by atoms with van der Waals surface area (Å²) in [7, 11) is 0. The second-order valence-electron chi connectivity index (χ2n) is 3.10. The molecule has 0 fully saturated rings. The van der Waals surface area contributed by atoms with Gasteiger partial charge in [0.2, 0.25) is 0 Å². The Morgan fingerprint density at radius 1 is 1.29 bits per heavy atom. The highest BCUT2D eigenvalue weighted by Gasteiger charge is 2.08. The Bertz CT molecular complexity index is 464. The molecule has 0 atom stereocenters. The molecule has 0 amide bonds. The van der Waals surface area contributed by atoms with Crippen LogP contribution in [0.15, 0.2) is 18.2 Å². The monoisotopic (exact) mass is 209 g/mol. The van der Waals surface area contributed by atoms with Gasteiger partial charge in [-0.05, 0) is 36.6 Å². The van der Waals surface area contributed by atoms with Crippen LogP contribution in [0.4, 0.5) is 0 Å². The van der Waals surface area contributed by atoms with Gasteiger partial charge in [-0.15, -0.1) is 11.3 Å². The summed E-state index contributed by atoms with van der Waals surface area (Å²) in [4.78, 5) is 1.13. The lowest BCUT2D eigenvalue weighted by Gasteiger charge is -1.96. The maximum atomic E-state index is 9.57. The Balaban J connectivity index is 2.59. The lowest BCUT2D eigenvalue weighted by atomic mass is 10.2. The van der Waals surface area contributed by atoms with Crippen LogP contribution in [0.5, 0.6) is 11.5 Å². The molecule has 0 radical (unpaired) electrons. The largest absolute Gasteiger partial charge is 0.504 e. The zero-order valence-corrected chi connectivity index (χ0v) is 8.34. The van der Waals surface area contributed by atoms with Crippen molar-refractivity contribution in [2.24, 2.45) is 5.73 Å². The summed E-state index contributed by atoms with van der Waals surface area (Å²) in [5, 5.41) is 19.8. The van der Waals surface area contributed by atoms with Crippen LogP contribution in [0.25, 0.3) is 10.1 Å². The predicted molar refractivity (Wildman–Crippen MR) is 57.9 cm³/mol. The number of phenols is 2. The molecule has 0 aliphatic carbocycles. The number of thiophene rings is 1. The van der Waals surface area contributed by atoms with Crippen molar-refractivity contribution in [3.8, 4) is 11.5 Å². The molecule has 1 aromatic heterocycles. The first kappa shape index (κ1) is 9.30. The van der Waals surface area contributed by atoms with E-state index in [1.54, 1.807) is 6.07 Å². The Kier molecular flexibility index (Phi) is 2.31. The van der Waals surface area contributed by atoms with Gasteiger partial charge in [0.15, 0.2) is 11.5 Å². The number of rotatable bonds is 2. The van der Waals surface area contributed by atoms with Gasteiger partial charge in [-0.25, -0.2) is 0 Å². The fourth-order valence-electron chi connectivity index (χ4n) is 1.40. The molecule has 3 nitrogen and oxygen atoms in total. The third kappa shape index (κ3) is 1.42. The van der Waals surface area contributed by atoms with Crippen molar-refractivity contribution in [2.75, 3.05) is 6.54 Å². The van der Waals surface area contributed by atoms with Gasteiger partial charge in [-0.3, -0.25) is 0 Å². The summed E-state index contributed by atoms with van der Waals surface area (Å²) in [6.45, 7) is 0.597. The summed E-state index contributed by atoms with van der Waals surface area (Å²) in [6, 6.07) is 5.28. The second kappa shape index (κ2) is 3.48. The third-order valence-corrected chi connectivity index (χ3v) is 3.30. The van der Waals surface area contributed by atoms with E-state index < -0.39 is 0 Å². The molecule has 0 saturated heterocycles. The van der Waals surface area contributed by atoms with Crippen molar-refractivity contribution in [1.29, 1.82) is 0 Å². The molecule has 0 spiro atoms. The first-order chi connectivity index (χ1) is 6.72. The Morgan fingerprint density at radius 2 is 2.07 bits per heavy atom. The van der Waals surface area contributed by atoms with Crippen LogP contribution in [-0.2, 0) is 6.42 Å². The molecular weight excluding hydrogens is 198 g/mol. The molecule has 2 aromatic rings. The summed E-state index contributed by atoms with van der Waals surface area (Å²) in [6.07, 6.45) is 0.805. The van der Waals surface area contributed by atoms with Gasteiger partial charge in [0.1, 0.15) is 0 Å². The van der Waals surface area contributed by atoms with Crippen LogP contribution in [-0.4, -0.2) is 16.8 Å². The molecule has 0 aliphatic rings. The fraction of sp³-hybridized carbons (Fsp3) is 0.200. The number of aromatic hydroxyl groups is 2. The minimum atomic E-state index is -0.0707. The summed E-state index contributed by atoms with van der Waals surface area (Å²) >= 11 is 1.47. The number of benzene rings is 1. The molecule has 1 heterocycles. The quantitative estimate of drug-likeness (QED) is 0.661. The molecule has 0 unspecified atom stereocenters. The Morgan fingerprint density at radius 3 is 2.79 bits per heavy atom. The predicted octanol–water partition coefficient (Wildman–Crippen LogP) is 1.81. The summed E-state index contributed by atoms with van der Waals surface area (Å²) < 4.78 is 0.730. The lowest BCUT2D eigenvalue weighted by Crippen LogP contribution is -2.00. The van der Waals surface area contributed by atoms with Crippen LogP contribution in [0.1, 0.15) is 4.88 Å². The van der Waals surface area contributed by atoms with E-state index in [2.05, 4.69) is 0 Å². The topological polar surface area (TPSA) is 66.5 Å². The van der Waals surface area contributed by atoms with Crippen molar-refractivity contribution in [3.05, 3.63) is 23.1 Å². The normalized spacial score (nSPS) is 10.9. The van der Waals surface area contributed by atoms with Crippen molar-refractivity contribution >= 4 is 21.4 Å². The smallest absolute Gasteiger partial charge is 0.175 e. The number of hydrogen-bond donors (Lipinski definition) is 3. The zero-order valence-electron chi connectivity index (χ0n) is 7.53. The van der Waals surface area contributed by atoms with Gasteiger partial charge in [0.25, 0.3) is 0 Å². The van der Waals surface area contributed by atoms with Crippen LogP contribution in [0.3, 0.4) is 0 Å². The molecule has 0 saturated carbocycles. The number of phenolic OH excluding ortho intramolecular Hbond substituents is 2. The van der Waals surface area contributed by atoms with E-state index in [4.69, 9.17) is 5.73 Å². The first-order valence-electron chi connectivity index (χ1n) is 4.36. The SMILES string of the molecule is NCCc1cc2ccc(O)c(O)c2s1. The molecular formula is C10H11NO2S. The lowest BCUT2D eigenvalue weighted by molar-refractivity contribution is 0.409. The van der Waals surface area contributed by atoms with Crippen molar-refractivity contribution in [3.63, 3.8) is 0 Å². The van der Waals surface area contributed by atoms with Crippen LogP contribution < -0.4 is 5.73 Å². The third-order valence-electron chi connectivity index (χ3n) is 2.08. The molecule has 4 N–H and O–H groups in total. The average molecular weight is 209 g/mol. The number of fused-ring (bicyclic) bond motifs is 1. The van der Waals surface area contributed by atoms with E-state index in [9.17, 15) is 10.2 Å². The Labute approximate surface area is 85.4 Å². The molecule has 0 aliphatic heterocycles. The first-order valence-corrected chi connectivity index (χ1v) is 5.17. The van der Waals surface area contributed by atoms with Gasteiger partial charge in [-0.1, -0.05) is 0 Å². The van der Waals surface area contributed by atoms with Crippen molar-refractivity contribution in [2.45, 2.75) is 6.42 Å². The number of hydrogen-bond acceptors (Lipinski definition) is 4. The van der Waals surface area contributed by atoms with E-state index in [0.717, 1.165) is 21.4 Å². The van der Waals surface area contributed by atoms with Crippen LogP contribution in [0, 0.1) is 0 Å². The molecule has 74 valence electrons. The standard InChI is InChI=1S/C10H11NO2S/c11-4-3-7-5-6-1-2-8(12)9(13)10(6)14-7/h1-2,5,12-13H,3-4,11H2. The van der Waals surface area contributed by atoms with Gasteiger partial charge >= 0.3 is 0 Å². The summed E-state index contributed by atoms with van der Waals surface area (Å²) in [5.41, 5.74) is 5.45. The molecule has 1 aromatic carbocycles. The molecule has 14 heavy (non-hydrogen) atoms. The van der Waals surface area contributed by atoms with E-state index in [-0.39, 0.29) is 11.5 Å². The molecule has 2 rings (SSSR count). The highest BCUT2D eigenvalue weighted by Crippen LogP contribution is 2.38. The maximum absolute atomic E-state index is 9.57. The maximum Gasteiger partial charge on any atom is 0.175 e. The minimum absolute atomic E-state index is 0.0317. The molecule has 0 bridgehead atoms. The Hall–Kier alpha value is -1.26. The van der Waals surface area contributed by atoms with E-state index in [0.29, 0.717) is 6.54 Å². The fourth-order valence-corrected chi connectivity index (χ4v) is 2.51. The van der Waals surface area contributed by atoms with Gasteiger partial charge in [0.05, 0.1) is 4.70 Å². The van der Waals surface area contributed by atoms with Crippen molar-refractivity contribution < 1.29 is 10.2 Å². The average Bonchev–Trinajstić information content (AvgIpc) is 2.56. The van der Waals surface area contributed by atoms with E-state index in [1.807, 2.05) is 6.07 Å². The van der Waals surface area contributed by atoms with Gasteiger partial charge < -0.3 is 15.9 Å². The van der Waals surface area contributed by atoms with Gasteiger partial charge in [0, 0.05) is 4.88 Å². The van der Waals surface area contributed by atoms with Crippen LogP contribution in [0.2, 0.25) is 0 Å². The molecule has 4 heteroatoms. The number of nitrogens with two attached hydrogens (primary N) is 1. The second-order valence-corrected chi connectivity index (χ2v) is 4.24. The van der Waals surface area contributed by atoms with E-state index in [1.165, 1.54) is 17.4 Å². The van der Waals surface area contributed by atoms with E-state index >= 15 is 0 Å². The highest BCUT2D eigenvalue weighted by molar-refractivity contribution is 7.19. The van der Waals surface area contributed by atoms with Crippen LogP contribution >= 0.6 is 11.3 Å². The minimum Gasteiger partial charge on any atom is -0.504 e. The van der Waals surface area contributed by atoms with Crippen molar-refractivity contribution in [1.82, 2.24) is 0 Å².